The third kappa shape index (κ3) is 212. The van der Waals surface area contributed by atoms with Crippen LogP contribution >= 0.6 is 25.8 Å². The van der Waals surface area contributed by atoms with Crippen LogP contribution in [0, 0.1) is 0 Å². The van der Waals surface area contributed by atoms with Crippen molar-refractivity contribution >= 4 is 25.8 Å². The summed E-state index contributed by atoms with van der Waals surface area (Å²) in [6, 6.07) is 0. The molecule has 0 aliphatic rings. The first-order chi connectivity index (χ1) is 5.20. The molecular formula is H7K2O9P3. The molecule has 0 radical (unpaired) electrons. The van der Waals surface area contributed by atoms with E-state index in [1.807, 2.05) is 0 Å². The van der Waals surface area contributed by atoms with Crippen molar-refractivity contribution in [3.63, 3.8) is 0 Å². The molecule has 0 aromatic heterocycles. The maximum absolute atomic E-state index is 8.59. The fourth-order valence-corrected chi connectivity index (χ4v) is 0. The van der Waals surface area contributed by atoms with Gasteiger partial charge in [0.25, 0.3) is 0 Å². The van der Waals surface area contributed by atoms with E-state index in [1.165, 1.54) is 0 Å². The van der Waals surface area contributed by atoms with Gasteiger partial charge in [-0.2, -0.15) is 8.60 Å². The van der Waals surface area contributed by atoms with Crippen molar-refractivity contribution in [3.05, 3.63) is 0 Å². The van der Waals surface area contributed by atoms with Gasteiger partial charge in [0.15, 0.2) is 0 Å². The topological polar surface area (TPSA) is 188 Å². The summed E-state index contributed by atoms with van der Waals surface area (Å²) >= 11 is 0. The first-order valence-electron chi connectivity index (χ1n) is 1.77. The van der Waals surface area contributed by atoms with Gasteiger partial charge in [-0.15, -0.1) is 0 Å². The second-order valence-corrected chi connectivity index (χ2v) is 2.32. The van der Waals surface area contributed by atoms with E-state index in [0.717, 1.165) is 0 Å². The van der Waals surface area contributed by atoms with Gasteiger partial charge >= 0.3 is 120 Å². The summed E-state index contributed by atoms with van der Waals surface area (Å²) < 4.78 is 0. The molecule has 14 heteroatoms. The minimum absolute atomic E-state index is 0. The van der Waals surface area contributed by atoms with Crippen LogP contribution in [0.2, 0.25) is 0 Å². The second kappa shape index (κ2) is 25.9. The van der Waals surface area contributed by atoms with Crippen molar-refractivity contribution in [3.8, 4) is 0 Å². The van der Waals surface area contributed by atoms with Crippen LogP contribution in [0.4, 0.5) is 0 Å². The maximum Gasteiger partial charge on any atom is 1.00 e. The molecule has 78 valence electrons. The predicted octanol–water partition coefficient (Wildman–Crippen LogP) is -9.69. The Morgan fingerprint density at radius 2 is 0.571 bits per heavy atom. The Kier molecular flexibility index (Phi) is 57.2. The molecule has 0 aromatic carbocycles. The molecule has 0 fully saturated rings. The zero-order valence-electron chi connectivity index (χ0n) is 7.29. The first-order valence-corrected chi connectivity index (χ1v) is 5.30. The van der Waals surface area contributed by atoms with Gasteiger partial charge < -0.3 is 44.0 Å². The fraction of sp³-hybridized carbons (Fsp3) is 0. The molecule has 0 spiro atoms. The van der Waals surface area contributed by atoms with Crippen molar-refractivity contribution < 1.29 is 147 Å². The molecule has 0 bridgehead atoms. The van der Waals surface area contributed by atoms with Gasteiger partial charge in [0.1, 0.15) is 0 Å². The Hall–Kier alpha value is 4.20. The van der Waals surface area contributed by atoms with Crippen molar-refractivity contribution in [1.29, 1.82) is 0 Å². The third-order valence-electron chi connectivity index (χ3n) is 0. The van der Waals surface area contributed by atoms with Crippen molar-refractivity contribution in [2.45, 2.75) is 0 Å². The van der Waals surface area contributed by atoms with Gasteiger partial charge in [0, 0.05) is 0 Å². The SMILES string of the molecule is OP(O)O.OP(O)O.[K+].[K+].[O-]P([O-])O. The van der Waals surface area contributed by atoms with Crippen molar-refractivity contribution in [2.24, 2.45) is 0 Å². The van der Waals surface area contributed by atoms with E-state index in [2.05, 4.69) is 0 Å². The van der Waals surface area contributed by atoms with Crippen LogP contribution in [0.15, 0.2) is 0 Å². The smallest absolute Gasteiger partial charge is 0.820 e. The Balaban J connectivity index is -0.0000000270. The van der Waals surface area contributed by atoms with Crippen molar-refractivity contribution in [2.75, 3.05) is 0 Å². The van der Waals surface area contributed by atoms with Gasteiger partial charge in [-0.3, -0.25) is 0 Å². The van der Waals surface area contributed by atoms with Gasteiger partial charge in [0.2, 0.25) is 0 Å². The zero-order valence-corrected chi connectivity index (χ0v) is 16.2. The van der Waals surface area contributed by atoms with Crippen LogP contribution < -0.4 is 113 Å². The molecular weight excluding hydrogens is 315 g/mol. The summed E-state index contributed by atoms with van der Waals surface area (Å²) in [7, 11) is -8.36. The summed E-state index contributed by atoms with van der Waals surface area (Å²) in [4.78, 5) is 67.6. The number of hydrogen-bond acceptors (Lipinski definition) is 9. The minimum Gasteiger partial charge on any atom is -0.820 e. The second-order valence-electron chi connectivity index (χ2n) is 0.774. The Morgan fingerprint density at radius 3 is 0.571 bits per heavy atom. The predicted molar refractivity (Wildman–Crippen MR) is 36.3 cm³/mol. The molecule has 0 amide bonds. The van der Waals surface area contributed by atoms with Gasteiger partial charge in [-0.05, 0) is 0 Å². The average Bonchev–Trinajstić information content (AvgIpc) is 1.54. The van der Waals surface area contributed by atoms with E-state index in [1.54, 1.807) is 0 Å². The quantitative estimate of drug-likeness (QED) is 0.168. The summed E-state index contributed by atoms with van der Waals surface area (Å²) in [5.74, 6) is 0. The van der Waals surface area contributed by atoms with E-state index in [4.69, 9.17) is 44.0 Å². The average molecular weight is 322 g/mol. The summed E-state index contributed by atoms with van der Waals surface area (Å²) in [6.45, 7) is 0. The molecule has 0 rings (SSSR count). The molecule has 0 saturated heterocycles. The molecule has 0 saturated carbocycles. The van der Waals surface area contributed by atoms with Gasteiger partial charge in [-0.1, -0.05) is 0 Å². The van der Waals surface area contributed by atoms with Crippen LogP contribution in [-0.4, -0.2) is 34.3 Å². The monoisotopic (exact) mass is 322 g/mol. The normalized spacial score (nSPS) is 7.71. The first kappa shape index (κ1) is 30.9. The van der Waals surface area contributed by atoms with Crippen molar-refractivity contribution in [1.82, 2.24) is 0 Å². The number of hydrogen-bond donors (Lipinski definition) is 7. The van der Waals surface area contributed by atoms with E-state index in [9.17, 15) is 0 Å². The van der Waals surface area contributed by atoms with E-state index in [0.29, 0.717) is 0 Å². The summed E-state index contributed by atoms with van der Waals surface area (Å²) in [5.41, 5.74) is 0. The molecule has 0 aliphatic heterocycles. The molecule has 7 N–H and O–H groups in total. The Bertz CT molecular complexity index is 46.5. The molecule has 14 heavy (non-hydrogen) atoms. The Labute approximate surface area is 169 Å². The van der Waals surface area contributed by atoms with Gasteiger partial charge in [0.05, 0.1) is 0 Å². The molecule has 0 unspecified atom stereocenters. The summed E-state index contributed by atoms with van der Waals surface area (Å²) in [6.07, 6.45) is 0. The maximum atomic E-state index is 8.59. The third-order valence-corrected chi connectivity index (χ3v) is 0. The van der Waals surface area contributed by atoms with Crippen LogP contribution in [0.1, 0.15) is 0 Å². The molecule has 0 heterocycles. The zero-order chi connectivity index (χ0) is 10.7. The van der Waals surface area contributed by atoms with Crippen LogP contribution in [-0.2, 0) is 0 Å². The standard InChI is InChI=1S/2K.2H3O3P.HO3P/c;;3*1-4(2)3/h;;2*1-3H;1H/q2*+1;;;-2. The summed E-state index contributed by atoms with van der Waals surface area (Å²) in [5, 5.41) is 0. The van der Waals surface area contributed by atoms with Crippen LogP contribution in [0.25, 0.3) is 0 Å². The van der Waals surface area contributed by atoms with Crippen LogP contribution in [0.5, 0.6) is 0 Å². The van der Waals surface area contributed by atoms with E-state index < -0.39 is 25.8 Å². The fourth-order valence-electron chi connectivity index (χ4n) is 0. The number of rotatable bonds is 0. The minimum atomic E-state index is -3.12. The molecule has 9 nitrogen and oxygen atoms in total. The molecule has 0 aliphatic carbocycles. The van der Waals surface area contributed by atoms with Crippen LogP contribution in [0.3, 0.4) is 0 Å². The largest absolute Gasteiger partial charge is 1.00 e. The van der Waals surface area contributed by atoms with E-state index in [-0.39, 0.29) is 103 Å². The molecule has 0 atom stereocenters. The molecule has 0 aromatic rings. The van der Waals surface area contributed by atoms with E-state index >= 15 is 0 Å². The van der Waals surface area contributed by atoms with Gasteiger partial charge in [-0.25, -0.2) is 0 Å². The Morgan fingerprint density at radius 1 is 0.571 bits per heavy atom.